The molecule has 8 nitrogen and oxygen atoms in total. The van der Waals surface area contributed by atoms with Crippen molar-refractivity contribution in [2.45, 2.75) is 29.3 Å². The highest BCUT2D eigenvalue weighted by Crippen LogP contribution is 2.39. The van der Waals surface area contributed by atoms with E-state index in [4.69, 9.17) is 9.47 Å². The number of ether oxygens (including phenoxy) is 2. The van der Waals surface area contributed by atoms with E-state index in [1.165, 1.54) is 0 Å². The molecule has 0 N–H and O–H groups in total. The van der Waals surface area contributed by atoms with Crippen molar-refractivity contribution in [3.8, 4) is 11.3 Å². The van der Waals surface area contributed by atoms with Crippen LogP contribution < -0.4 is 0 Å². The summed E-state index contributed by atoms with van der Waals surface area (Å²) in [4.78, 5) is 15.2. The number of carbonyl (C=O) groups is 1. The summed E-state index contributed by atoms with van der Waals surface area (Å²) in [7, 11) is -1.77. The molecule has 1 spiro atoms. The zero-order chi connectivity index (χ0) is 19.5. The second kappa shape index (κ2) is 6.13. The van der Waals surface area contributed by atoms with Gasteiger partial charge in [0.15, 0.2) is 21.3 Å². The fourth-order valence-electron chi connectivity index (χ4n) is 4.40. The van der Waals surface area contributed by atoms with Crippen LogP contribution in [0.2, 0.25) is 0 Å². The molecule has 2 saturated heterocycles. The van der Waals surface area contributed by atoms with Gasteiger partial charge in [-0.05, 0) is 6.07 Å². The van der Waals surface area contributed by atoms with E-state index in [2.05, 4.69) is 5.10 Å². The smallest absolute Gasteiger partial charge is 0.274 e. The Kier molecular flexibility index (Phi) is 3.91. The third-order valence-corrected chi connectivity index (χ3v) is 7.48. The lowest BCUT2D eigenvalue weighted by atomic mass is 10.0. The van der Waals surface area contributed by atoms with Gasteiger partial charge >= 0.3 is 0 Å². The van der Waals surface area contributed by atoms with E-state index in [1.807, 2.05) is 0 Å². The van der Waals surface area contributed by atoms with Crippen molar-refractivity contribution in [2.75, 3.05) is 26.3 Å². The first-order valence-corrected chi connectivity index (χ1v) is 11.0. The number of rotatable bonds is 1. The molecule has 0 unspecified atom stereocenters. The molecule has 1 aromatic heterocycles. The van der Waals surface area contributed by atoms with Gasteiger partial charge in [0, 0.05) is 44.1 Å². The summed E-state index contributed by atoms with van der Waals surface area (Å²) in [5.41, 5.74) is 2.01. The van der Waals surface area contributed by atoms with E-state index in [-0.39, 0.29) is 17.4 Å². The van der Waals surface area contributed by atoms with E-state index in [0.717, 1.165) is 0 Å². The summed E-state index contributed by atoms with van der Waals surface area (Å²) in [5.74, 6) is -1.01. The monoisotopic (exact) mass is 403 g/mol. The van der Waals surface area contributed by atoms with Gasteiger partial charge in [-0.1, -0.05) is 18.2 Å². The van der Waals surface area contributed by atoms with Crippen molar-refractivity contribution in [2.24, 2.45) is 7.05 Å². The fourth-order valence-corrected chi connectivity index (χ4v) is 6.00. The minimum absolute atomic E-state index is 0.210. The molecule has 1 aromatic carbocycles. The lowest BCUT2D eigenvalue weighted by Crippen LogP contribution is -2.47. The maximum Gasteiger partial charge on any atom is 0.274 e. The number of benzene rings is 1. The molecule has 28 heavy (non-hydrogen) atoms. The fraction of sp³-hybridized carbons (Fsp3) is 0.474. The average molecular weight is 403 g/mol. The number of nitrogens with zero attached hydrogens (tertiary/aromatic N) is 3. The molecule has 1 amide bonds. The third-order valence-electron chi connectivity index (χ3n) is 5.79. The standard InChI is InChI=1S/C19H21N3O5S/c1-21-17-13-4-2-3-5-15(13)28(24,25)12-14(17)16(20-21)18(23)22-8-6-19(7-9-22)26-10-11-27-19/h2-5H,6-12H2,1H3. The van der Waals surface area contributed by atoms with Crippen LogP contribution in [0.3, 0.4) is 0 Å². The molecule has 3 aliphatic heterocycles. The molecule has 9 heteroatoms. The van der Waals surface area contributed by atoms with Gasteiger partial charge in [-0.3, -0.25) is 9.48 Å². The number of piperidine rings is 1. The van der Waals surface area contributed by atoms with Crippen LogP contribution in [-0.4, -0.2) is 61.1 Å². The number of aryl methyl sites for hydroxylation is 1. The third kappa shape index (κ3) is 2.61. The normalized spacial score (nSPS) is 22.1. The second-order valence-corrected chi connectivity index (χ2v) is 9.41. The highest BCUT2D eigenvalue weighted by atomic mass is 32.2. The van der Waals surface area contributed by atoms with Crippen molar-refractivity contribution in [3.05, 3.63) is 35.5 Å². The lowest BCUT2D eigenvalue weighted by Gasteiger charge is -2.37. The molecular weight excluding hydrogens is 382 g/mol. The first-order chi connectivity index (χ1) is 13.4. The first kappa shape index (κ1) is 17.8. The van der Waals surface area contributed by atoms with Crippen molar-refractivity contribution in [1.29, 1.82) is 0 Å². The SMILES string of the molecule is Cn1nc(C(=O)N2CCC3(CC2)OCCO3)c2c1-c1ccccc1S(=O)(=O)C2. The molecule has 0 saturated carbocycles. The Bertz CT molecular complexity index is 1060. The molecule has 0 atom stereocenters. The minimum Gasteiger partial charge on any atom is -0.347 e. The van der Waals surface area contributed by atoms with Crippen LogP contribution in [0.5, 0.6) is 0 Å². The summed E-state index contributed by atoms with van der Waals surface area (Å²) >= 11 is 0. The molecule has 148 valence electrons. The molecule has 0 aliphatic carbocycles. The molecular formula is C19H21N3O5S. The average Bonchev–Trinajstić information content (AvgIpc) is 3.26. The highest BCUT2D eigenvalue weighted by molar-refractivity contribution is 7.90. The Morgan fingerprint density at radius 3 is 2.54 bits per heavy atom. The number of fused-ring (bicyclic) bond motifs is 3. The quantitative estimate of drug-likeness (QED) is 0.714. The van der Waals surface area contributed by atoms with Crippen LogP contribution in [0, 0.1) is 0 Å². The van der Waals surface area contributed by atoms with E-state index >= 15 is 0 Å². The number of hydrogen-bond donors (Lipinski definition) is 0. The maximum absolute atomic E-state index is 13.2. The Morgan fingerprint density at radius 2 is 1.82 bits per heavy atom. The van der Waals surface area contributed by atoms with Crippen LogP contribution in [0.15, 0.2) is 29.2 Å². The number of aromatic nitrogens is 2. The van der Waals surface area contributed by atoms with Crippen LogP contribution in [0.1, 0.15) is 28.9 Å². The molecule has 2 aromatic rings. The summed E-state index contributed by atoms with van der Waals surface area (Å²) in [5, 5.41) is 4.42. The molecule has 3 aliphatic rings. The van der Waals surface area contributed by atoms with Gasteiger partial charge in [0.05, 0.1) is 29.6 Å². The first-order valence-electron chi connectivity index (χ1n) is 9.35. The summed E-state index contributed by atoms with van der Waals surface area (Å²) in [6, 6.07) is 6.87. The highest BCUT2D eigenvalue weighted by Gasteiger charge is 2.42. The van der Waals surface area contributed by atoms with Gasteiger partial charge in [0.1, 0.15) is 0 Å². The van der Waals surface area contributed by atoms with Crippen LogP contribution >= 0.6 is 0 Å². The van der Waals surface area contributed by atoms with E-state index in [0.29, 0.717) is 60.9 Å². The van der Waals surface area contributed by atoms with E-state index in [9.17, 15) is 13.2 Å². The second-order valence-electron chi connectivity index (χ2n) is 7.45. The van der Waals surface area contributed by atoms with Crippen LogP contribution in [0.4, 0.5) is 0 Å². The molecule has 0 bridgehead atoms. The van der Waals surface area contributed by atoms with Crippen molar-refractivity contribution >= 4 is 15.7 Å². The van der Waals surface area contributed by atoms with E-state index < -0.39 is 15.6 Å². The number of hydrogen-bond acceptors (Lipinski definition) is 6. The van der Waals surface area contributed by atoms with Gasteiger partial charge in [-0.15, -0.1) is 0 Å². The Balaban J connectivity index is 1.50. The van der Waals surface area contributed by atoms with Crippen molar-refractivity contribution in [3.63, 3.8) is 0 Å². The lowest BCUT2D eigenvalue weighted by molar-refractivity contribution is -0.181. The number of likely N-dealkylation sites (tertiary alicyclic amines) is 1. The number of amides is 1. The van der Waals surface area contributed by atoms with Gasteiger partial charge in [-0.25, -0.2) is 8.42 Å². The summed E-state index contributed by atoms with van der Waals surface area (Å²) in [6.07, 6.45) is 1.21. The van der Waals surface area contributed by atoms with Crippen LogP contribution in [0.25, 0.3) is 11.3 Å². The van der Waals surface area contributed by atoms with Crippen LogP contribution in [-0.2, 0) is 32.1 Å². The van der Waals surface area contributed by atoms with Crippen molar-refractivity contribution in [1.82, 2.24) is 14.7 Å². The Hall–Kier alpha value is -2.23. The largest absolute Gasteiger partial charge is 0.347 e. The number of carbonyl (C=O) groups excluding carboxylic acids is 1. The summed E-state index contributed by atoms with van der Waals surface area (Å²) < 4.78 is 38.6. The number of sulfone groups is 1. The summed E-state index contributed by atoms with van der Waals surface area (Å²) in [6.45, 7) is 2.15. The molecule has 0 radical (unpaired) electrons. The van der Waals surface area contributed by atoms with Gasteiger partial charge in [-0.2, -0.15) is 5.10 Å². The minimum atomic E-state index is -3.51. The Labute approximate surface area is 163 Å². The van der Waals surface area contributed by atoms with E-state index in [1.54, 1.807) is 40.9 Å². The van der Waals surface area contributed by atoms with Gasteiger partial charge in [0.2, 0.25) is 0 Å². The zero-order valence-corrected chi connectivity index (χ0v) is 16.4. The topological polar surface area (TPSA) is 90.7 Å². The zero-order valence-electron chi connectivity index (χ0n) is 15.6. The predicted molar refractivity (Wildman–Crippen MR) is 99.3 cm³/mol. The van der Waals surface area contributed by atoms with Gasteiger partial charge in [0.25, 0.3) is 5.91 Å². The molecule has 2 fully saturated rings. The van der Waals surface area contributed by atoms with Gasteiger partial charge < -0.3 is 14.4 Å². The predicted octanol–water partition coefficient (Wildman–Crippen LogP) is 1.35. The molecule has 4 heterocycles. The molecule has 5 rings (SSSR count). The Morgan fingerprint density at radius 1 is 1.14 bits per heavy atom. The van der Waals surface area contributed by atoms with Crippen molar-refractivity contribution < 1.29 is 22.7 Å². The maximum atomic E-state index is 13.2.